The number of amides is 1. The lowest BCUT2D eigenvalue weighted by atomic mass is 10.0. The van der Waals surface area contributed by atoms with E-state index >= 15 is 0 Å². The summed E-state index contributed by atoms with van der Waals surface area (Å²) in [5, 5.41) is 0. The summed E-state index contributed by atoms with van der Waals surface area (Å²) in [7, 11) is 0. The van der Waals surface area contributed by atoms with Gasteiger partial charge in [0.2, 0.25) is 5.91 Å². The molecule has 0 aliphatic heterocycles. The number of benzene rings is 1. The molecule has 1 aromatic carbocycles. The number of carbonyl (C=O) groups excluding carboxylic acids is 1. The summed E-state index contributed by atoms with van der Waals surface area (Å²) in [5.41, 5.74) is 3.47. The summed E-state index contributed by atoms with van der Waals surface area (Å²) in [6, 6.07) is 12.8. The standard InChI is InChI=1S/C21H24N2O/c1-16(2)19-8-5-18(6-9-19)15-23(20-10-11-20)21(24)12-7-17-4-3-13-22-14-17/h3-9,12-14,16,20H,10-11,15H2,1-2H3/b12-7+. The number of pyridine rings is 1. The second-order valence-electron chi connectivity index (χ2n) is 6.71. The predicted molar refractivity (Wildman–Crippen MR) is 97.4 cm³/mol. The van der Waals surface area contributed by atoms with Crippen LogP contribution >= 0.6 is 0 Å². The van der Waals surface area contributed by atoms with Crippen LogP contribution in [0.15, 0.2) is 54.9 Å². The Bertz CT molecular complexity index is 700. The maximum absolute atomic E-state index is 12.6. The fraction of sp³-hybridized carbons (Fsp3) is 0.333. The molecular weight excluding hydrogens is 296 g/mol. The van der Waals surface area contributed by atoms with Crippen LogP contribution in [0.3, 0.4) is 0 Å². The van der Waals surface area contributed by atoms with Crippen molar-refractivity contribution in [2.75, 3.05) is 0 Å². The molecule has 2 aromatic rings. The van der Waals surface area contributed by atoms with Crippen LogP contribution in [0.5, 0.6) is 0 Å². The van der Waals surface area contributed by atoms with Crippen molar-refractivity contribution in [2.24, 2.45) is 0 Å². The zero-order chi connectivity index (χ0) is 16.9. The molecule has 1 aliphatic rings. The Hall–Kier alpha value is -2.42. The van der Waals surface area contributed by atoms with Gasteiger partial charge in [0.05, 0.1) is 0 Å². The average Bonchev–Trinajstić information content (AvgIpc) is 3.44. The lowest BCUT2D eigenvalue weighted by molar-refractivity contribution is -0.127. The van der Waals surface area contributed by atoms with Crippen LogP contribution in [0, 0.1) is 0 Å². The van der Waals surface area contributed by atoms with Crippen LogP contribution < -0.4 is 0 Å². The summed E-state index contributed by atoms with van der Waals surface area (Å²) in [4.78, 5) is 18.6. The van der Waals surface area contributed by atoms with Crippen LogP contribution in [0.1, 0.15) is 49.3 Å². The molecule has 3 heteroatoms. The minimum absolute atomic E-state index is 0.0780. The molecule has 24 heavy (non-hydrogen) atoms. The smallest absolute Gasteiger partial charge is 0.247 e. The van der Waals surface area contributed by atoms with Crippen LogP contribution in [-0.2, 0) is 11.3 Å². The topological polar surface area (TPSA) is 33.2 Å². The van der Waals surface area contributed by atoms with Gasteiger partial charge in [-0.15, -0.1) is 0 Å². The van der Waals surface area contributed by atoms with Gasteiger partial charge in [-0.3, -0.25) is 9.78 Å². The molecule has 0 unspecified atom stereocenters. The van der Waals surface area contributed by atoms with E-state index in [4.69, 9.17) is 0 Å². The highest BCUT2D eigenvalue weighted by atomic mass is 16.2. The molecule has 3 rings (SSSR count). The van der Waals surface area contributed by atoms with E-state index in [9.17, 15) is 4.79 Å². The van der Waals surface area contributed by atoms with Crippen LogP contribution in [0.2, 0.25) is 0 Å². The number of aromatic nitrogens is 1. The highest BCUT2D eigenvalue weighted by molar-refractivity contribution is 5.92. The van der Waals surface area contributed by atoms with Crippen molar-refractivity contribution in [3.05, 3.63) is 71.6 Å². The first-order valence-electron chi connectivity index (χ1n) is 8.61. The van der Waals surface area contributed by atoms with Gasteiger partial charge in [0.15, 0.2) is 0 Å². The van der Waals surface area contributed by atoms with E-state index in [1.54, 1.807) is 18.5 Å². The van der Waals surface area contributed by atoms with Crippen molar-refractivity contribution in [2.45, 2.75) is 45.2 Å². The molecule has 0 saturated heterocycles. The first-order valence-corrected chi connectivity index (χ1v) is 8.61. The Labute approximate surface area is 144 Å². The minimum atomic E-state index is 0.0780. The Kier molecular flexibility index (Phi) is 5.09. The van der Waals surface area contributed by atoms with Gasteiger partial charge < -0.3 is 4.90 Å². The maximum Gasteiger partial charge on any atom is 0.247 e. The second kappa shape index (κ2) is 7.43. The third-order valence-corrected chi connectivity index (χ3v) is 4.37. The molecule has 0 radical (unpaired) electrons. The molecule has 1 saturated carbocycles. The van der Waals surface area contributed by atoms with Gasteiger partial charge in [0, 0.05) is 31.1 Å². The van der Waals surface area contributed by atoms with Crippen LogP contribution in [0.4, 0.5) is 0 Å². The van der Waals surface area contributed by atoms with Crippen molar-refractivity contribution in [3.63, 3.8) is 0 Å². The average molecular weight is 320 g/mol. The van der Waals surface area contributed by atoms with E-state index in [1.807, 2.05) is 23.1 Å². The van der Waals surface area contributed by atoms with E-state index < -0.39 is 0 Å². The zero-order valence-electron chi connectivity index (χ0n) is 14.4. The van der Waals surface area contributed by atoms with Gasteiger partial charge in [-0.25, -0.2) is 0 Å². The van der Waals surface area contributed by atoms with Gasteiger partial charge in [0.1, 0.15) is 0 Å². The largest absolute Gasteiger partial charge is 0.332 e. The molecule has 1 heterocycles. The van der Waals surface area contributed by atoms with Gasteiger partial charge in [0.25, 0.3) is 0 Å². The van der Waals surface area contributed by atoms with Crippen molar-refractivity contribution in [1.29, 1.82) is 0 Å². The first-order chi connectivity index (χ1) is 11.6. The second-order valence-corrected chi connectivity index (χ2v) is 6.71. The van der Waals surface area contributed by atoms with E-state index in [2.05, 4.69) is 43.1 Å². The molecule has 1 amide bonds. The summed E-state index contributed by atoms with van der Waals surface area (Å²) in [6.45, 7) is 5.07. The van der Waals surface area contributed by atoms with E-state index in [-0.39, 0.29) is 5.91 Å². The fourth-order valence-electron chi connectivity index (χ4n) is 2.72. The minimum Gasteiger partial charge on any atom is -0.332 e. The Balaban J connectivity index is 1.68. The number of carbonyl (C=O) groups is 1. The fourth-order valence-corrected chi connectivity index (χ4v) is 2.72. The highest BCUT2D eigenvalue weighted by Gasteiger charge is 2.31. The Morgan fingerprint density at radius 3 is 2.58 bits per heavy atom. The molecule has 3 nitrogen and oxygen atoms in total. The monoisotopic (exact) mass is 320 g/mol. The van der Waals surface area contributed by atoms with Crippen LogP contribution in [-0.4, -0.2) is 21.8 Å². The lowest BCUT2D eigenvalue weighted by Crippen LogP contribution is -2.31. The highest BCUT2D eigenvalue weighted by Crippen LogP contribution is 2.29. The number of rotatable bonds is 6. The molecular formula is C21H24N2O. The van der Waals surface area contributed by atoms with Crippen molar-refractivity contribution in [1.82, 2.24) is 9.88 Å². The third kappa shape index (κ3) is 4.31. The third-order valence-electron chi connectivity index (χ3n) is 4.37. The molecule has 0 bridgehead atoms. The molecule has 0 N–H and O–H groups in total. The maximum atomic E-state index is 12.6. The summed E-state index contributed by atoms with van der Waals surface area (Å²) in [6.07, 6.45) is 9.21. The van der Waals surface area contributed by atoms with Crippen molar-refractivity contribution < 1.29 is 4.79 Å². The lowest BCUT2D eigenvalue weighted by Gasteiger charge is -2.21. The van der Waals surface area contributed by atoms with Crippen molar-refractivity contribution >= 4 is 12.0 Å². The Morgan fingerprint density at radius 2 is 2.00 bits per heavy atom. The molecule has 1 aliphatic carbocycles. The summed E-state index contributed by atoms with van der Waals surface area (Å²) in [5.74, 6) is 0.608. The van der Waals surface area contributed by atoms with E-state index in [0.717, 1.165) is 18.4 Å². The molecule has 0 atom stereocenters. The van der Waals surface area contributed by atoms with Gasteiger partial charge in [-0.05, 0) is 47.6 Å². The SMILES string of the molecule is CC(C)c1ccc(CN(C(=O)/C=C/c2cccnc2)C2CC2)cc1. The van der Waals surface area contributed by atoms with Gasteiger partial charge >= 0.3 is 0 Å². The molecule has 124 valence electrons. The summed E-state index contributed by atoms with van der Waals surface area (Å²) < 4.78 is 0. The van der Waals surface area contributed by atoms with Gasteiger partial charge in [-0.1, -0.05) is 44.2 Å². The van der Waals surface area contributed by atoms with Crippen molar-refractivity contribution in [3.8, 4) is 0 Å². The van der Waals surface area contributed by atoms with E-state index in [1.165, 1.54) is 11.1 Å². The van der Waals surface area contributed by atoms with E-state index in [0.29, 0.717) is 18.5 Å². The molecule has 1 fully saturated rings. The summed E-state index contributed by atoms with van der Waals surface area (Å²) >= 11 is 0. The van der Waals surface area contributed by atoms with Crippen LogP contribution in [0.25, 0.3) is 6.08 Å². The normalized spacial score (nSPS) is 14.3. The van der Waals surface area contributed by atoms with Gasteiger partial charge in [-0.2, -0.15) is 0 Å². The first kappa shape index (κ1) is 16.4. The number of hydrogen-bond acceptors (Lipinski definition) is 2. The predicted octanol–water partition coefficient (Wildman–Crippen LogP) is 4.41. The molecule has 1 aromatic heterocycles. The molecule has 0 spiro atoms. The number of nitrogens with zero attached hydrogens (tertiary/aromatic N) is 2. The number of hydrogen-bond donors (Lipinski definition) is 0. The zero-order valence-corrected chi connectivity index (χ0v) is 14.4. The quantitative estimate of drug-likeness (QED) is 0.739. The Morgan fingerprint density at radius 1 is 1.25 bits per heavy atom.